The average Bonchev–Trinajstić information content (AvgIpc) is 3.46. The summed E-state index contributed by atoms with van der Waals surface area (Å²) in [5, 5.41) is 5.09. The van der Waals surface area contributed by atoms with Crippen LogP contribution in [0.4, 0.5) is 0 Å². The van der Waals surface area contributed by atoms with Crippen LogP contribution >= 0.6 is 0 Å². The third-order valence-corrected chi connectivity index (χ3v) is 8.39. The third kappa shape index (κ3) is 3.44. The Morgan fingerprint density at radius 1 is 0.476 bits per heavy atom. The Balaban J connectivity index is 1.14. The minimum atomic E-state index is 0.824. The normalized spacial score (nSPS) is 12.0. The summed E-state index contributed by atoms with van der Waals surface area (Å²) in [4.78, 5) is 5.00. The summed E-state index contributed by atoms with van der Waals surface area (Å²) in [5.41, 5.74) is 8.72. The Labute approximate surface area is 242 Å². The van der Waals surface area contributed by atoms with Crippen molar-refractivity contribution in [1.29, 1.82) is 0 Å². The van der Waals surface area contributed by atoms with Gasteiger partial charge in [-0.05, 0) is 74.1 Å². The van der Waals surface area contributed by atoms with E-state index in [0.717, 1.165) is 50.7 Å². The van der Waals surface area contributed by atoms with Gasteiger partial charge < -0.3 is 4.74 Å². The Morgan fingerprint density at radius 2 is 1.19 bits per heavy atom. The second-order valence-corrected chi connectivity index (χ2v) is 10.8. The number of para-hydroxylation sites is 1. The lowest BCUT2D eigenvalue weighted by molar-refractivity contribution is 0.476. The molecule has 0 amide bonds. The van der Waals surface area contributed by atoms with Gasteiger partial charge in [0.15, 0.2) is 11.5 Å². The number of benzene rings is 7. The highest BCUT2D eigenvalue weighted by atomic mass is 16.5. The van der Waals surface area contributed by atoms with Crippen molar-refractivity contribution in [3.05, 3.63) is 146 Å². The van der Waals surface area contributed by atoms with Gasteiger partial charge in [-0.15, -0.1) is 0 Å². The maximum absolute atomic E-state index is 6.48. The van der Waals surface area contributed by atoms with Gasteiger partial charge in [-0.2, -0.15) is 0 Å². The van der Waals surface area contributed by atoms with E-state index >= 15 is 0 Å². The first-order chi connectivity index (χ1) is 20.8. The molecule has 0 N–H and O–H groups in total. The molecule has 1 aromatic heterocycles. The summed E-state index contributed by atoms with van der Waals surface area (Å²) < 4.78 is 8.71. The predicted octanol–water partition coefficient (Wildman–Crippen LogP) is 10.4. The van der Waals surface area contributed by atoms with E-state index in [9.17, 15) is 0 Å². The van der Waals surface area contributed by atoms with Crippen LogP contribution in [0.1, 0.15) is 0 Å². The maximum Gasteiger partial charge on any atom is 0.153 e. The summed E-state index contributed by atoms with van der Waals surface area (Å²) in [6, 6.07) is 51.4. The lowest BCUT2D eigenvalue weighted by Gasteiger charge is -2.22. The first kappa shape index (κ1) is 23.1. The van der Waals surface area contributed by atoms with Crippen LogP contribution in [-0.2, 0) is 0 Å². The molecule has 1 aliphatic rings. The molecule has 2 heterocycles. The fraction of sp³-hybridized carbons (Fsp3) is 0. The van der Waals surface area contributed by atoms with E-state index in [1.165, 1.54) is 32.7 Å². The van der Waals surface area contributed by atoms with Gasteiger partial charge in [-0.1, -0.05) is 115 Å². The maximum atomic E-state index is 6.48. The molecule has 0 bridgehead atoms. The molecule has 0 aliphatic carbocycles. The molecule has 3 nitrogen and oxygen atoms in total. The van der Waals surface area contributed by atoms with Crippen molar-refractivity contribution in [2.45, 2.75) is 0 Å². The second-order valence-electron chi connectivity index (χ2n) is 10.8. The zero-order chi connectivity index (χ0) is 27.6. The summed E-state index contributed by atoms with van der Waals surface area (Å²) >= 11 is 0. The quantitative estimate of drug-likeness (QED) is 0.210. The predicted molar refractivity (Wildman–Crippen MR) is 172 cm³/mol. The van der Waals surface area contributed by atoms with E-state index in [1.807, 2.05) is 24.3 Å². The first-order valence-corrected chi connectivity index (χ1v) is 14.2. The number of aromatic nitrogens is 2. The van der Waals surface area contributed by atoms with Crippen LogP contribution in [0.2, 0.25) is 0 Å². The highest BCUT2D eigenvalue weighted by molar-refractivity contribution is 6.13. The van der Waals surface area contributed by atoms with E-state index in [1.54, 1.807) is 0 Å². The minimum Gasteiger partial charge on any atom is -0.453 e. The molecule has 0 saturated heterocycles. The molecule has 0 atom stereocenters. The number of imidazole rings is 1. The molecule has 9 rings (SSSR count). The van der Waals surface area contributed by atoms with Gasteiger partial charge in [-0.3, -0.25) is 4.57 Å². The fourth-order valence-corrected chi connectivity index (χ4v) is 6.41. The molecular weight excluding hydrogens is 512 g/mol. The number of rotatable bonds is 3. The molecule has 0 unspecified atom stereocenters. The van der Waals surface area contributed by atoms with Crippen LogP contribution < -0.4 is 4.74 Å². The zero-order valence-corrected chi connectivity index (χ0v) is 22.7. The summed E-state index contributed by atoms with van der Waals surface area (Å²) in [7, 11) is 0. The first-order valence-electron chi connectivity index (χ1n) is 14.2. The van der Waals surface area contributed by atoms with Crippen LogP contribution in [0.15, 0.2) is 146 Å². The monoisotopic (exact) mass is 536 g/mol. The summed E-state index contributed by atoms with van der Waals surface area (Å²) in [6.07, 6.45) is 0. The largest absolute Gasteiger partial charge is 0.453 e. The van der Waals surface area contributed by atoms with Crippen LogP contribution in [-0.4, -0.2) is 9.55 Å². The standard InChI is InChI=1S/C39H24N2O/c1-2-9-27(10-3-1)39-40-34-15-8-16-36-38(34)41(39)35-22-21-28(24-37(35)42-36)25-17-19-26(20-18-25)33-23-29-11-4-5-12-30(29)31-13-6-7-14-32(31)33/h1-24H. The van der Waals surface area contributed by atoms with Crippen LogP contribution in [0.5, 0.6) is 11.5 Å². The number of fused-ring (bicyclic) bond motifs is 5. The summed E-state index contributed by atoms with van der Waals surface area (Å²) in [5.74, 6) is 2.57. The van der Waals surface area contributed by atoms with Crippen molar-refractivity contribution < 1.29 is 4.74 Å². The number of hydrogen-bond donors (Lipinski definition) is 0. The van der Waals surface area contributed by atoms with E-state index in [-0.39, 0.29) is 0 Å². The van der Waals surface area contributed by atoms with Gasteiger partial charge >= 0.3 is 0 Å². The SMILES string of the molecule is c1ccc(-c2nc3cccc4c3n2-c2ccc(-c3ccc(-c5cc6ccccc6c6ccccc56)cc3)cc2O4)cc1. The minimum absolute atomic E-state index is 0.824. The Morgan fingerprint density at radius 3 is 2.05 bits per heavy atom. The average molecular weight is 537 g/mol. The highest BCUT2D eigenvalue weighted by Gasteiger charge is 2.25. The fourth-order valence-electron chi connectivity index (χ4n) is 6.41. The molecule has 0 spiro atoms. The van der Waals surface area contributed by atoms with Gasteiger partial charge in [0.05, 0.1) is 11.2 Å². The van der Waals surface area contributed by atoms with Crippen molar-refractivity contribution in [3.8, 4) is 50.8 Å². The molecule has 0 fully saturated rings. The Hall–Kier alpha value is -5.67. The Bertz CT molecular complexity index is 2310. The van der Waals surface area contributed by atoms with Crippen molar-refractivity contribution in [2.24, 2.45) is 0 Å². The topological polar surface area (TPSA) is 27.1 Å². The van der Waals surface area contributed by atoms with Crippen molar-refractivity contribution in [1.82, 2.24) is 9.55 Å². The molecule has 8 aromatic rings. The molecule has 3 heteroatoms. The number of ether oxygens (including phenoxy) is 1. The van der Waals surface area contributed by atoms with Crippen LogP contribution in [0.25, 0.3) is 71.9 Å². The van der Waals surface area contributed by atoms with Crippen molar-refractivity contribution in [3.63, 3.8) is 0 Å². The van der Waals surface area contributed by atoms with Crippen LogP contribution in [0.3, 0.4) is 0 Å². The third-order valence-electron chi connectivity index (χ3n) is 8.39. The molecular formula is C39H24N2O. The zero-order valence-electron chi connectivity index (χ0n) is 22.7. The smallest absolute Gasteiger partial charge is 0.153 e. The van der Waals surface area contributed by atoms with E-state index < -0.39 is 0 Å². The molecule has 0 saturated carbocycles. The van der Waals surface area contributed by atoms with Gasteiger partial charge in [0.25, 0.3) is 0 Å². The van der Waals surface area contributed by atoms with Gasteiger partial charge in [0.2, 0.25) is 0 Å². The highest BCUT2D eigenvalue weighted by Crippen LogP contribution is 2.45. The second kappa shape index (κ2) is 8.92. The Kier molecular flexibility index (Phi) is 4.90. The molecule has 7 aromatic carbocycles. The van der Waals surface area contributed by atoms with E-state index in [4.69, 9.17) is 9.72 Å². The number of hydrogen-bond acceptors (Lipinski definition) is 2. The molecule has 0 radical (unpaired) electrons. The van der Waals surface area contributed by atoms with Gasteiger partial charge in [0, 0.05) is 5.56 Å². The summed E-state index contributed by atoms with van der Waals surface area (Å²) in [6.45, 7) is 0. The molecule has 1 aliphatic heterocycles. The van der Waals surface area contributed by atoms with Gasteiger partial charge in [0.1, 0.15) is 11.3 Å². The lowest BCUT2D eigenvalue weighted by atomic mass is 9.92. The van der Waals surface area contributed by atoms with Crippen molar-refractivity contribution >= 4 is 32.6 Å². The molecule has 196 valence electrons. The van der Waals surface area contributed by atoms with E-state index in [0.29, 0.717) is 0 Å². The van der Waals surface area contributed by atoms with E-state index in [2.05, 4.69) is 126 Å². The van der Waals surface area contributed by atoms with Crippen LogP contribution in [0, 0.1) is 0 Å². The lowest BCUT2D eigenvalue weighted by Crippen LogP contribution is -2.05. The molecule has 42 heavy (non-hydrogen) atoms. The number of nitrogens with zero attached hydrogens (tertiary/aromatic N) is 2. The van der Waals surface area contributed by atoms with Gasteiger partial charge in [-0.25, -0.2) is 4.98 Å². The van der Waals surface area contributed by atoms with Crippen molar-refractivity contribution in [2.75, 3.05) is 0 Å².